The van der Waals surface area contributed by atoms with E-state index in [1.165, 1.54) is 0 Å². The van der Waals surface area contributed by atoms with Crippen LogP contribution in [0.5, 0.6) is 5.75 Å². The number of hydrogen-bond acceptors (Lipinski definition) is 2. The molecule has 14 heavy (non-hydrogen) atoms. The van der Waals surface area contributed by atoms with E-state index in [1.54, 1.807) is 0 Å². The van der Waals surface area contributed by atoms with Crippen LogP contribution in [-0.4, -0.2) is 19.8 Å². The predicted octanol–water partition coefficient (Wildman–Crippen LogP) is 2.84. The van der Waals surface area contributed by atoms with E-state index in [1.807, 2.05) is 31.2 Å². The van der Waals surface area contributed by atoms with Gasteiger partial charge in [0.2, 0.25) is 0 Å². The van der Waals surface area contributed by atoms with E-state index in [9.17, 15) is 0 Å². The summed E-state index contributed by atoms with van der Waals surface area (Å²) in [5, 5.41) is 0. The fraction of sp³-hybridized carbons (Fsp3) is 0.455. The number of para-hydroxylation sites is 1. The first-order chi connectivity index (χ1) is 6.88. The molecule has 0 saturated heterocycles. The Labute approximate surface area is 89.8 Å². The average molecular weight is 215 g/mol. The van der Waals surface area contributed by atoms with Crippen LogP contribution in [0.15, 0.2) is 24.3 Å². The van der Waals surface area contributed by atoms with Crippen molar-refractivity contribution in [3.05, 3.63) is 29.8 Å². The number of rotatable bonds is 6. The van der Waals surface area contributed by atoms with E-state index >= 15 is 0 Å². The summed E-state index contributed by atoms with van der Waals surface area (Å²) >= 11 is 5.76. The topological polar surface area (TPSA) is 18.5 Å². The number of halogens is 1. The zero-order valence-electron chi connectivity index (χ0n) is 8.33. The van der Waals surface area contributed by atoms with Gasteiger partial charge in [-0.3, -0.25) is 0 Å². The summed E-state index contributed by atoms with van der Waals surface area (Å²) in [4.78, 5) is 0. The van der Waals surface area contributed by atoms with Crippen molar-refractivity contribution in [1.82, 2.24) is 0 Å². The summed E-state index contributed by atoms with van der Waals surface area (Å²) in [7, 11) is 0. The maximum absolute atomic E-state index is 5.76. The van der Waals surface area contributed by atoms with Crippen molar-refractivity contribution < 1.29 is 9.47 Å². The zero-order valence-corrected chi connectivity index (χ0v) is 9.09. The molecule has 0 aliphatic carbocycles. The Kier molecular flexibility index (Phi) is 5.42. The van der Waals surface area contributed by atoms with Gasteiger partial charge in [0.25, 0.3) is 0 Å². The molecule has 0 N–H and O–H groups in total. The van der Waals surface area contributed by atoms with Crippen LogP contribution in [0.1, 0.15) is 12.5 Å². The van der Waals surface area contributed by atoms with Crippen LogP contribution in [-0.2, 0) is 10.6 Å². The van der Waals surface area contributed by atoms with Crippen molar-refractivity contribution in [2.45, 2.75) is 12.8 Å². The zero-order chi connectivity index (χ0) is 10.2. The second-order valence-corrected chi connectivity index (χ2v) is 3.05. The van der Waals surface area contributed by atoms with E-state index in [-0.39, 0.29) is 0 Å². The van der Waals surface area contributed by atoms with E-state index in [0.717, 1.165) is 17.9 Å². The first-order valence-electron chi connectivity index (χ1n) is 4.73. The molecule has 0 radical (unpaired) electrons. The third-order valence-corrected chi connectivity index (χ3v) is 2.09. The molecule has 2 nitrogen and oxygen atoms in total. The Morgan fingerprint density at radius 1 is 1.21 bits per heavy atom. The lowest BCUT2D eigenvalue weighted by molar-refractivity contribution is 0.110. The van der Waals surface area contributed by atoms with Crippen LogP contribution in [0.3, 0.4) is 0 Å². The van der Waals surface area contributed by atoms with Gasteiger partial charge in [0.1, 0.15) is 12.4 Å². The van der Waals surface area contributed by atoms with Crippen LogP contribution < -0.4 is 4.74 Å². The minimum absolute atomic E-state index is 0.477. The van der Waals surface area contributed by atoms with Gasteiger partial charge in [0, 0.05) is 12.2 Å². The van der Waals surface area contributed by atoms with Crippen molar-refractivity contribution in [2.24, 2.45) is 0 Å². The van der Waals surface area contributed by atoms with Crippen molar-refractivity contribution in [3.8, 4) is 5.75 Å². The molecule has 0 unspecified atom stereocenters. The molecule has 0 heterocycles. The van der Waals surface area contributed by atoms with Crippen molar-refractivity contribution in [2.75, 3.05) is 19.8 Å². The fourth-order valence-electron chi connectivity index (χ4n) is 1.11. The molecule has 3 heteroatoms. The van der Waals surface area contributed by atoms with Gasteiger partial charge in [0.15, 0.2) is 0 Å². The fourth-order valence-corrected chi connectivity index (χ4v) is 1.33. The quantitative estimate of drug-likeness (QED) is 0.536. The van der Waals surface area contributed by atoms with Crippen LogP contribution in [0.2, 0.25) is 0 Å². The summed E-state index contributed by atoms with van der Waals surface area (Å²) in [6.07, 6.45) is 0. The van der Waals surface area contributed by atoms with Gasteiger partial charge in [0.05, 0.1) is 12.5 Å². The van der Waals surface area contributed by atoms with E-state index in [2.05, 4.69) is 0 Å². The minimum atomic E-state index is 0.477. The highest BCUT2D eigenvalue weighted by Crippen LogP contribution is 2.19. The molecule has 1 aromatic rings. The van der Waals surface area contributed by atoms with Gasteiger partial charge in [-0.2, -0.15) is 0 Å². The average Bonchev–Trinajstić information content (AvgIpc) is 2.25. The van der Waals surface area contributed by atoms with Gasteiger partial charge in [-0.15, -0.1) is 11.6 Å². The maximum atomic E-state index is 5.76. The first kappa shape index (κ1) is 11.3. The standard InChI is InChI=1S/C11H15ClO2/c1-2-13-7-8-14-11-6-4-3-5-10(11)9-12/h3-6H,2,7-9H2,1H3. The molecule has 0 saturated carbocycles. The third kappa shape index (κ3) is 3.56. The van der Waals surface area contributed by atoms with Gasteiger partial charge >= 0.3 is 0 Å². The lowest BCUT2D eigenvalue weighted by atomic mass is 10.2. The molecular formula is C11H15ClO2. The van der Waals surface area contributed by atoms with E-state index in [0.29, 0.717) is 19.1 Å². The largest absolute Gasteiger partial charge is 0.491 e. The Morgan fingerprint density at radius 3 is 2.71 bits per heavy atom. The Hall–Kier alpha value is -0.730. The first-order valence-corrected chi connectivity index (χ1v) is 5.26. The molecule has 0 aliphatic rings. The van der Waals surface area contributed by atoms with Crippen molar-refractivity contribution >= 4 is 11.6 Å². The molecule has 0 bridgehead atoms. The Morgan fingerprint density at radius 2 is 2.00 bits per heavy atom. The van der Waals surface area contributed by atoms with Crippen molar-refractivity contribution in [1.29, 1.82) is 0 Å². The molecule has 0 fully saturated rings. The van der Waals surface area contributed by atoms with E-state index < -0.39 is 0 Å². The second kappa shape index (κ2) is 6.68. The van der Waals surface area contributed by atoms with Crippen LogP contribution in [0, 0.1) is 0 Å². The normalized spacial score (nSPS) is 10.1. The molecule has 0 atom stereocenters. The molecule has 0 aliphatic heterocycles. The molecule has 78 valence electrons. The molecular weight excluding hydrogens is 200 g/mol. The molecule has 1 aromatic carbocycles. The number of hydrogen-bond donors (Lipinski definition) is 0. The molecule has 0 amide bonds. The van der Waals surface area contributed by atoms with Crippen LogP contribution in [0.4, 0.5) is 0 Å². The maximum Gasteiger partial charge on any atom is 0.123 e. The second-order valence-electron chi connectivity index (χ2n) is 2.79. The van der Waals surface area contributed by atoms with E-state index in [4.69, 9.17) is 21.1 Å². The minimum Gasteiger partial charge on any atom is -0.491 e. The van der Waals surface area contributed by atoms with Crippen LogP contribution in [0.25, 0.3) is 0 Å². The Balaban J connectivity index is 2.41. The Bertz CT molecular complexity index is 263. The van der Waals surface area contributed by atoms with Crippen LogP contribution >= 0.6 is 11.6 Å². The summed E-state index contributed by atoms with van der Waals surface area (Å²) < 4.78 is 10.7. The highest BCUT2D eigenvalue weighted by Gasteiger charge is 2.00. The highest BCUT2D eigenvalue weighted by atomic mass is 35.5. The summed E-state index contributed by atoms with van der Waals surface area (Å²) in [5.41, 5.74) is 1.02. The number of benzene rings is 1. The number of ether oxygens (including phenoxy) is 2. The lowest BCUT2D eigenvalue weighted by Gasteiger charge is -2.09. The van der Waals surface area contributed by atoms with Crippen molar-refractivity contribution in [3.63, 3.8) is 0 Å². The molecule has 0 spiro atoms. The lowest BCUT2D eigenvalue weighted by Crippen LogP contribution is -2.07. The summed E-state index contributed by atoms with van der Waals surface area (Å²) in [5.74, 6) is 1.33. The molecule has 0 aromatic heterocycles. The third-order valence-electron chi connectivity index (χ3n) is 1.81. The SMILES string of the molecule is CCOCCOc1ccccc1CCl. The van der Waals surface area contributed by atoms with Gasteiger partial charge in [-0.05, 0) is 13.0 Å². The summed E-state index contributed by atoms with van der Waals surface area (Å²) in [6, 6.07) is 7.77. The monoisotopic (exact) mass is 214 g/mol. The highest BCUT2D eigenvalue weighted by molar-refractivity contribution is 6.17. The van der Waals surface area contributed by atoms with Gasteiger partial charge in [-0.25, -0.2) is 0 Å². The van der Waals surface area contributed by atoms with Gasteiger partial charge < -0.3 is 9.47 Å². The summed E-state index contributed by atoms with van der Waals surface area (Å²) in [6.45, 7) is 3.88. The molecule has 1 rings (SSSR count). The smallest absolute Gasteiger partial charge is 0.123 e. The number of alkyl halides is 1. The predicted molar refractivity (Wildman–Crippen MR) is 58.0 cm³/mol. The van der Waals surface area contributed by atoms with Gasteiger partial charge in [-0.1, -0.05) is 18.2 Å².